The molecule has 14 heteroatoms. The van der Waals surface area contributed by atoms with Gasteiger partial charge in [0.2, 0.25) is 0 Å². The molecule has 9 saturated carbocycles. The highest BCUT2D eigenvalue weighted by molar-refractivity contribution is 5.78. The molecule has 0 heterocycles. The van der Waals surface area contributed by atoms with E-state index in [1.165, 1.54) is 73.6 Å². The number of benzene rings is 3. The minimum Gasteiger partial charge on any atom is -0.508 e. The first-order chi connectivity index (χ1) is 55.3. The monoisotopic (exact) mass is 1660 g/mol. The second kappa shape index (κ2) is 44.8. The van der Waals surface area contributed by atoms with Crippen LogP contribution in [0.4, 0.5) is 0 Å². The molecule has 119 heavy (non-hydrogen) atoms. The van der Waals surface area contributed by atoms with Crippen molar-refractivity contribution in [3.05, 3.63) is 126 Å². The van der Waals surface area contributed by atoms with E-state index in [2.05, 4.69) is 81.5 Å². The molecule has 0 radical (unpaired) electrons. The molecular formula is C105H170O14. The molecule has 13 rings (SSSR count). The Kier molecular flexibility index (Phi) is 39.5. The fourth-order valence-corrected chi connectivity index (χ4v) is 18.0. The number of aromatic hydroxyl groups is 3. The summed E-state index contributed by atoms with van der Waals surface area (Å²) in [5.41, 5.74) is 0.978. The van der Waals surface area contributed by atoms with Crippen LogP contribution in [0.15, 0.2) is 110 Å². The number of esters is 5. The highest BCUT2D eigenvalue weighted by atomic mass is 16.6. The zero-order valence-electron chi connectivity index (χ0n) is 80.1. The maximum absolute atomic E-state index is 12.7. The standard InChI is InChI=1S/C20H34O2.C16H26O3.C14H24O2.C13H22O2.C12H22O2.3C10H14O/c1-6-18(3,4)17(21)22-19(5,7-2)20-11-14-8-15(12-20)10-16(9-14)13-20;1-4-14(2,3)13(17)19-16-8-11-5-12(9-16)7-15(18,6-11)10-16;1-6-13(2,3)12(15)16-14(4,5)11-9-7-8-10-11;1-5-12(3,4)11(14)15-13(6-2)9-7-8-10-13;1-7-11(4,5)10(13)14-12(6,8-2)9-3;3*1-3-8(2)9-4-6-10(11)7-5-9/h14-16H,6-13H2,1-5H3;11-12,18H,4-10H2,1-3H3;9H,6-8,10H2,1-5H3;6H,2,5,7-10H2,1,3-4H3;8H,2,7,9H2,1,3-6H3;3*4-8,11H,3H2,1-2H3. The average Bonchev–Trinajstić information content (AvgIpc) is 1.02. The van der Waals surface area contributed by atoms with E-state index < -0.39 is 27.6 Å². The van der Waals surface area contributed by atoms with E-state index in [4.69, 9.17) is 39.0 Å². The Bertz CT molecular complexity index is 3500. The number of allylic oxidation sites excluding steroid dienone is 1. The summed E-state index contributed by atoms with van der Waals surface area (Å²) < 4.78 is 29.0. The lowest BCUT2D eigenvalue weighted by atomic mass is 9.45. The molecule has 9 fully saturated rings. The fraction of sp³-hybridized carbons (Fsp3) is 0.724. The molecule has 8 bridgehead atoms. The van der Waals surface area contributed by atoms with E-state index in [9.17, 15) is 29.1 Å². The molecular weight excluding hydrogens is 1490 g/mol. The summed E-state index contributed by atoms with van der Waals surface area (Å²) in [6, 6.07) is 22.3. The highest BCUT2D eigenvalue weighted by Crippen LogP contribution is 2.65. The van der Waals surface area contributed by atoms with Crippen LogP contribution >= 0.6 is 0 Å². The van der Waals surface area contributed by atoms with E-state index in [1.54, 1.807) is 42.5 Å². The van der Waals surface area contributed by atoms with Gasteiger partial charge < -0.3 is 44.1 Å². The van der Waals surface area contributed by atoms with Crippen molar-refractivity contribution < 1.29 is 68.1 Å². The van der Waals surface area contributed by atoms with Crippen LogP contribution in [0.3, 0.4) is 0 Å². The van der Waals surface area contributed by atoms with Gasteiger partial charge in [-0.3, -0.25) is 24.0 Å². The van der Waals surface area contributed by atoms with Gasteiger partial charge in [0.05, 0.1) is 32.7 Å². The van der Waals surface area contributed by atoms with E-state index in [0.717, 1.165) is 146 Å². The predicted molar refractivity (Wildman–Crippen MR) is 489 cm³/mol. The van der Waals surface area contributed by atoms with Gasteiger partial charge in [-0.1, -0.05) is 146 Å². The third-order valence-corrected chi connectivity index (χ3v) is 29.6. The third kappa shape index (κ3) is 29.9. The third-order valence-electron chi connectivity index (χ3n) is 29.6. The first-order valence-corrected chi connectivity index (χ1v) is 46.5. The fourth-order valence-electron chi connectivity index (χ4n) is 18.0. The number of aliphatic hydroxyl groups is 1. The SMILES string of the molecule is C=CC(C)(CC)OC(=O)C(C)(C)CC.C=CC1(OC(=O)C(C)(C)CC)CCCC1.CCC(C)(C)C(=O)OC(C)(C)C1=CCCC1.CCC(C)(C)C(=O)OC(C)(CC)C12CC3CC(CC(C3)C1)C2.CCC(C)(C)C(=O)OC12CC3CC(CC(O)(C3)C1)C2.CCC(C)c1ccc(O)cc1.CCC(C)c1ccc(O)cc1.CCC(C)c1ccc(O)cc1. The van der Waals surface area contributed by atoms with Crippen molar-refractivity contribution in [1.29, 1.82) is 0 Å². The van der Waals surface area contributed by atoms with Crippen molar-refractivity contribution in [3.63, 3.8) is 0 Å². The lowest BCUT2D eigenvalue weighted by molar-refractivity contribution is -0.225. The number of phenolic OH excluding ortho intramolecular Hbond substituents is 3. The molecule has 3 aromatic carbocycles. The smallest absolute Gasteiger partial charge is 0.312 e. The lowest BCUT2D eigenvalue weighted by Crippen LogP contribution is -2.61. The van der Waals surface area contributed by atoms with Gasteiger partial charge in [-0.05, 0) is 395 Å². The van der Waals surface area contributed by atoms with Crippen molar-refractivity contribution in [3.8, 4) is 17.2 Å². The molecule has 10 aliphatic carbocycles. The Labute approximate surface area is 724 Å². The summed E-state index contributed by atoms with van der Waals surface area (Å²) in [5, 5.41) is 37.7. The predicted octanol–water partition coefficient (Wildman–Crippen LogP) is 27.8. The summed E-state index contributed by atoms with van der Waals surface area (Å²) in [7, 11) is 0. The van der Waals surface area contributed by atoms with Gasteiger partial charge in [-0.15, -0.1) is 0 Å². The maximum atomic E-state index is 12.7. The van der Waals surface area contributed by atoms with Crippen LogP contribution in [0.25, 0.3) is 0 Å². The molecule has 10 aliphatic rings. The molecule has 7 atom stereocenters. The van der Waals surface area contributed by atoms with Crippen LogP contribution < -0.4 is 0 Å². The minimum absolute atomic E-state index is 0.00935. The van der Waals surface area contributed by atoms with Crippen molar-refractivity contribution in [2.75, 3.05) is 0 Å². The summed E-state index contributed by atoms with van der Waals surface area (Å²) in [5.74, 6) is 6.22. The molecule has 0 saturated heterocycles. The maximum Gasteiger partial charge on any atom is 0.312 e. The normalized spacial score (nSPS) is 24.7. The molecule has 0 aromatic heterocycles. The van der Waals surface area contributed by atoms with Crippen LogP contribution in [-0.2, 0) is 47.7 Å². The summed E-state index contributed by atoms with van der Waals surface area (Å²) >= 11 is 0. The Hall–Kier alpha value is -6.41. The number of carbonyl (C=O) groups is 5. The van der Waals surface area contributed by atoms with Crippen LogP contribution in [0.1, 0.15) is 408 Å². The number of hydrogen-bond donors (Lipinski definition) is 4. The summed E-state index contributed by atoms with van der Waals surface area (Å²) in [4.78, 5) is 60.8. The van der Waals surface area contributed by atoms with Crippen molar-refractivity contribution >= 4 is 29.8 Å². The zero-order chi connectivity index (χ0) is 90.2. The number of phenols is 3. The first kappa shape index (κ1) is 105. The topological polar surface area (TPSA) is 212 Å². The highest BCUT2D eigenvalue weighted by Gasteiger charge is 2.62. The van der Waals surface area contributed by atoms with Gasteiger partial charge >= 0.3 is 29.8 Å². The second-order valence-corrected chi connectivity index (χ2v) is 41.5. The van der Waals surface area contributed by atoms with E-state index in [-0.39, 0.29) is 68.3 Å². The van der Waals surface area contributed by atoms with Gasteiger partial charge in [0, 0.05) is 11.8 Å². The van der Waals surface area contributed by atoms with Gasteiger partial charge in [0.1, 0.15) is 45.3 Å². The van der Waals surface area contributed by atoms with Crippen molar-refractivity contribution in [2.45, 2.75) is 425 Å². The van der Waals surface area contributed by atoms with E-state index in [1.807, 2.05) is 167 Å². The van der Waals surface area contributed by atoms with E-state index in [0.29, 0.717) is 53.3 Å². The number of rotatable bonds is 27. The average molecular weight is 1660 g/mol. The Balaban J connectivity index is 0.000000289. The van der Waals surface area contributed by atoms with Gasteiger partial charge in [-0.25, -0.2) is 0 Å². The molecule has 3 aromatic rings. The molecule has 0 spiro atoms. The Morgan fingerprint density at radius 1 is 0.429 bits per heavy atom. The van der Waals surface area contributed by atoms with Crippen LogP contribution in [-0.4, -0.2) is 83.9 Å². The van der Waals surface area contributed by atoms with E-state index >= 15 is 0 Å². The molecule has 674 valence electrons. The molecule has 0 aliphatic heterocycles. The molecule has 7 unspecified atom stereocenters. The lowest BCUT2D eigenvalue weighted by Gasteiger charge is -2.62. The zero-order valence-corrected chi connectivity index (χ0v) is 80.1. The number of hydrogen-bond acceptors (Lipinski definition) is 14. The van der Waals surface area contributed by atoms with Crippen LogP contribution in [0.5, 0.6) is 17.2 Å². The summed E-state index contributed by atoms with van der Waals surface area (Å²) in [6.07, 6.45) is 36.2. The van der Waals surface area contributed by atoms with Crippen molar-refractivity contribution in [2.24, 2.45) is 62.1 Å². The molecule has 4 N–H and O–H groups in total. The van der Waals surface area contributed by atoms with Crippen molar-refractivity contribution in [1.82, 2.24) is 0 Å². The van der Waals surface area contributed by atoms with Crippen LogP contribution in [0.2, 0.25) is 0 Å². The first-order valence-electron chi connectivity index (χ1n) is 46.5. The Morgan fingerprint density at radius 3 is 1.07 bits per heavy atom. The van der Waals surface area contributed by atoms with Gasteiger partial charge in [0.25, 0.3) is 0 Å². The number of ether oxygens (including phenoxy) is 5. The van der Waals surface area contributed by atoms with Gasteiger partial charge in [0.15, 0.2) is 0 Å². The molecule has 0 amide bonds. The minimum atomic E-state index is -0.555. The second-order valence-electron chi connectivity index (χ2n) is 41.5. The van der Waals surface area contributed by atoms with Gasteiger partial charge in [-0.2, -0.15) is 0 Å². The quantitative estimate of drug-likeness (QED) is 0.0318. The molecule has 14 nitrogen and oxygen atoms in total. The Morgan fingerprint density at radius 2 is 0.765 bits per heavy atom. The number of carbonyl (C=O) groups excluding carboxylic acids is 5. The largest absolute Gasteiger partial charge is 0.508 e. The van der Waals surface area contributed by atoms with Crippen LogP contribution in [0, 0.1) is 62.1 Å². The summed E-state index contributed by atoms with van der Waals surface area (Å²) in [6.45, 7) is 62.4.